The van der Waals surface area contributed by atoms with Crippen LogP contribution in [-0.4, -0.2) is 43.3 Å². The second-order valence-corrected chi connectivity index (χ2v) is 7.61. The van der Waals surface area contributed by atoms with Crippen molar-refractivity contribution >= 4 is 15.7 Å². The van der Waals surface area contributed by atoms with Gasteiger partial charge < -0.3 is 10.6 Å². The van der Waals surface area contributed by atoms with Gasteiger partial charge in [-0.15, -0.1) is 0 Å². The standard InChI is InChI=1S/C15H22N2O3S/c1-2-17(14-7-8-21(19,20)11-14)15(18)9-12-5-3-4-6-13(12)10-16/h3-6,14H,2,7-11,16H2,1H3. The minimum atomic E-state index is -2.98. The average Bonchev–Trinajstić information content (AvgIpc) is 2.80. The van der Waals surface area contributed by atoms with Crippen LogP contribution in [0.3, 0.4) is 0 Å². The fraction of sp³-hybridized carbons (Fsp3) is 0.533. The van der Waals surface area contributed by atoms with Gasteiger partial charge in [-0.2, -0.15) is 0 Å². The molecule has 2 rings (SSSR count). The van der Waals surface area contributed by atoms with Gasteiger partial charge in [0.05, 0.1) is 17.9 Å². The smallest absolute Gasteiger partial charge is 0.227 e. The third-order valence-corrected chi connectivity index (χ3v) is 5.74. The van der Waals surface area contributed by atoms with Crippen LogP contribution >= 0.6 is 0 Å². The zero-order valence-corrected chi connectivity index (χ0v) is 13.1. The van der Waals surface area contributed by atoms with Crippen LogP contribution in [0.2, 0.25) is 0 Å². The number of nitrogens with two attached hydrogens (primary N) is 1. The van der Waals surface area contributed by atoms with Crippen LogP contribution in [0, 0.1) is 0 Å². The summed E-state index contributed by atoms with van der Waals surface area (Å²) in [5.74, 6) is 0.242. The molecule has 0 radical (unpaired) electrons. The SMILES string of the molecule is CCN(C(=O)Cc1ccccc1CN)C1CCS(=O)(=O)C1. The van der Waals surface area contributed by atoms with Gasteiger partial charge >= 0.3 is 0 Å². The summed E-state index contributed by atoms with van der Waals surface area (Å²) in [7, 11) is -2.98. The van der Waals surface area contributed by atoms with Crippen molar-refractivity contribution in [3.8, 4) is 0 Å². The van der Waals surface area contributed by atoms with E-state index in [0.717, 1.165) is 11.1 Å². The summed E-state index contributed by atoms with van der Waals surface area (Å²) < 4.78 is 23.2. The van der Waals surface area contributed by atoms with Gasteiger partial charge in [0.2, 0.25) is 5.91 Å². The Bertz CT molecular complexity index is 613. The van der Waals surface area contributed by atoms with E-state index in [-0.39, 0.29) is 29.9 Å². The maximum absolute atomic E-state index is 12.5. The molecular formula is C15H22N2O3S. The van der Waals surface area contributed by atoms with Crippen LogP contribution < -0.4 is 5.73 Å². The van der Waals surface area contributed by atoms with Crippen LogP contribution in [-0.2, 0) is 27.6 Å². The molecule has 6 heteroatoms. The van der Waals surface area contributed by atoms with E-state index in [0.29, 0.717) is 19.5 Å². The Balaban J connectivity index is 2.11. The molecule has 1 aromatic carbocycles. The quantitative estimate of drug-likeness (QED) is 0.869. The van der Waals surface area contributed by atoms with Gasteiger partial charge in [0.15, 0.2) is 9.84 Å². The predicted molar refractivity (Wildman–Crippen MR) is 82.5 cm³/mol. The molecule has 0 saturated carbocycles. The average molecular weight is 310 g/mol. The first-order valence-corrected chi connectivity index (χ1v) is 9.05. The van der Waals surface area contributed by atoms with Gasteiger partial charge in [0.25, 0.3) is 0 Å². The number of rotatable bonds is 5. The lowest BCUT2D eigenvalue weighted by Gasteiger charge is -2.27. The van der Waals surface area contributed by atoms with Gasteiger partial charge in [0.1, 0.15) is 0 Å². The third-order valence-electron chi connectivity index (χ3n) is 3.99. The maximum atomic E-state index is 12.5. The monoisotopic (exact) mass is 310 g/mol. The molecule has 1 amide bonds. The highest BCUT2D eigenvalue weighted by atomic mass is 32.2. The van der Waals surface area contributed by atoms with Gasteiger partial charge in [-0.3, -0.25) is 4.79 Å². The molecule has 1 aliphatic heterocycles. The molecule has 2 N–H and O–H groups in total. The molecular weight excluding hydrogens is 288 g/mol. The van der Waals surface area contributed by atoms with Gasteiger partial charge in [-0.25, -0.2) is 8.42 Å². The zero-order valence-electron chi connectivity index (χ0n) is 12.3. The zero-order chi connectivity index (χ0) is 15.5. The lowest BCUT2D eigenvalue weighted by Crippen LogP contribution is -2.41. The summed E-state index contributed by atoms with van der Waals surface area (Å²) >= 11 is 0. The molecule has 0 aliphatic carbocycles. The van der Waals surface area contributed by atoms with Crippen molar-refractivity contribution in [2.24, 2.45) is 5.73 Å². The van der Waals surface area contributed by atoms with Crippen molar-refractivity contribution < 1.29 is 13.2 Å². The first kappa shape index (κ1) is 16.0. The molecule has 1 saturated heterocycles. The number of carbonyl (C=O) groups excluding carboxylic acids is 1. The minimum Gasteiger partial charge on any atom is -0.339 e. The Morgan fingerprint density at radius 2 is 2.00 bits per heavy atom. The number of benzene rings is 1. The molecule has 0 bridgehead atoms. The Hall–Kier alpha value is -1.40. The largest absolute Gasteiger partial charge is 0.339 e. The second-order valence-electron chi connectivity index (χ2n) is 5.39. The predicted octanol–water partition coefficient (Wildman–Crippen LogP) is 0.723. The minimum absolute atomic E-state index is 0.0273. The number of hydrogen-bond acceptors (Lipinski definition) is 4. The molecule has 1 atom stereocenters. The van der Waals surface area contributed by atoms with Crippen LogP contribution in [0.25, 0.3) is 0 Å². The number of likely N-dealkylation sites (N-methyl/N-ethyl adjacent to an activating group) is 1. The van der Waals surface area contributed by atoms with E-state index in [1.807, 2.05) is 31.2 Å². The number of amides is 1. The fourth-order valence-electron chi connectivity index (χ4n) is 2.85. The number of sulfone groups is 1. The molecule has 1 aromatic rings. The Labute approximate surface area is 126 Å². The highest BCUT2D eigenvalue weighted by Gasteiger charge is 2.33. The summed E-state index contributed by atoms with van der Waals surface area (Å²) in [4.78, 5) is 14.2. The highest BCUT2D eigenvalue weighted by Crippen LogP contribution is 2.19. The molecule has 21 heavy (non-hydrogen) atoms. The summed E-state index contributed by atoms with van der Waals surface area (Å²) in [5, 5.41) is 0. The van der Waals surface area contributed by atoms with Gasteiger partial charge in [0, 0.05) is 19.1 Å². The fourth-order valence-corrected chi connectivity index (χ4v) is 4.58. The molecule has 1 unspecified atom stereocenters. The maximum Gasteiger partial charge on any atom is 0.227 e. The van der Waals surface area contributed by atoms with Crippen LogP contribution in [0.1, 0.15) is 24.5 Å². The molecule has 116 valence electrons. The number of nitrogens with zero attached hydrogens (tertiary/aromatic N) is 1. The highest BCUT2D eigenvalue weighted by molar-refractivity contribution is 7.91. The Morgan fingerprint density at radius 3 is 2.52 bits per heavy atom. The normalized spacial score (nSPS) is 20.4. The molecule has 0 aromatic heterocycles. The van der Waals surface area contributed by atoms with E-state index in [9.17, 15) is 13.2 Å². The topological polar surface area (TPSA) is 80.5 Å². The van der Waals surface area contributed by atoms with Crippen molar-refractivity contribution in [1.82, 2.24) is 4.90 Å². The van der Waals surface area contributed by atoms with E-state index in [1.54, 1.807) is 4.90 Å². The summed E-state index contributed by atoms with van der Waals surface area (Å²) in [6.07, 6.45) is 0.818. The molecule has 1 fully saturated rings. The Morgan fingerprint density at radius 1 is 1.33 bits per heavy atom. The van der Waals surface area contributed by atoms with Gasteiger partial charge in [-0.1, -0.05) is 24.3 Å². The van der Waals surface area contributed by atoms with Crippen LogP contribution in [0.5, 0.6) is 0 Å². The first-order chi connectivity index (χ1) is 9.96. The van der Waals surface area contributed by atoms with E-state index in [4.69, 9.17) is 5.73 Å². The summed E-state index contributed by atoms with van der Waals surface area (Å²) in [5.41, 5.74) is 7.57. The molecule has 1 heterocycles. The van der Waals surface area contributed by atoms with Crippen molar-refractivity contribution in [3.05, 3.63) is 35.4 Å². The van der Waals surface area contributed by atoms with Crippen LogP contribution in [0.4, 0.5) is 0 Å². The van der Waals surface area contributed by atoms with E-state index >= 15 is 0 Å². The lowest BCUT2D eigenvalue weighted by atomic mass is 10.0. The molecule has 0 spiro atoms. The lowest BCUT2D eigenvalue weighted by molar-refractivity contribution is -0.132. The summed E-state index contributed by atoms with van der Waals surface area (Å²) in [6, 6.07) is 7.42. The molecule has 1 aliphatic rings. The first-order valence-electron chi connectivity index (χ1n) is 7.23. The number of hydrogen-bond donors (Lipinski definition) is 1. The second kappa shape index (κ2) is 6.58. The number of carbonyl (C=O) groups is 1. The van der Waals surface area contributed by atoms with Crippen molar-refractivity contribution in [2.75, 3.05) is 18.1 Å². The van der Waals surface area contributed by atoms with Crippen molar-refractivity contribution in [2.45, 2.75) is 32.4 Å². The third kappa shape index (κ3) is 3.83. The van der Waals surface area contributed by atoms with Crippen molar-refractivity contribution in [1.29, 1.82) is 0 Å². The van der Waals surface area contributed by atoms with E-state index in [2.05, 4.69) is 0 Å². The van der Waals surface area contributed by atoms with Gasteiger partial charge in [-0.05, 0) is 24.5 Å². The summed E-state index contributed by atoms with van der Waals surface area (Å²) in [6.45, 7) is 2.81. The van der Waals surface area contributed by atoms with E-state index < -0.39 is 9.84 Å². The van der Waals surface area contributed by atoms with Crippen LogP contribution in [0.15, 0.2) is 24.3 Å². The molecule has 5 nitrogen and oxygen atoms in total. The van der Waals surface area contributed by atoms with Crippen molar-refractivity contribution in [3.63, 3.8) is 0 Å². The Kier molecular flexibility index (Phi) is 5.00. The van der Waals surface area contributed by atoms with E-state index in [1.165, 1.54) is 0 Å².